The van der Waals surface area contributed by atoms with Crippen LogP contribution in [0.5, 0.6) is 0 Å². The molecule has 1 aliphatic heterocycles. The number of halogens is 1. The quantitative estimate of drug-likeness (QED) is 0.661. The molecule has 0 spiro atoms. The maximum atomic E-state index is 14.4. The summed E-state index contributed by atoms with van der Waals surface area (Å²) in [6.45, 7) is 12.8. The maximum Gasteiger partial charge on any atom is 0.138 e. The molecule has 0 aromatic rings. The van der Waals surface area contributed by atoms with E-state index in [0.717, 1.165) is 13.1 Å². The van der Waals surface area contributed by atoms with Crippen molar-refractivity contribution >= 4 is 0 Å². The molecule has 0 N–H and O–H groups in total. The highest BCUT2D eigenvalue weighted by atomic mass is 19.1. The van der Waals surface area contributed by atoms with Crippen molar-refractivity contribution in [3.05, 3.63) is 37.0 Å². The van der Waals surface area contributed by atoms with Crippen molar-refractivity contribution < 1.29 is 4.39 Å². The summed E-state index contributed by atoms with van der Waals surface area (Å²) in [5, 5.41) is 0. The minimum Gasteiger partial charge on any atom is -0.306 e. The number of nitrogens with zero attached hydrogens (tertiary/aromatic N) is 1. The Hall–Kier alpha value is -0.890. The molecule has 0 radical (unpaired) electrons. The predicted molar refractivity (Wildman–Crippen MR) is 70.4 cm³/mol. The molecule has 0 amide bonds. The summed E-state index contributed by atoms with van der Waals surface area (Å²) in [5.74, 6) is 0. The van der Waals surface area contributed by atoms with Crippen LogP contribution >= 0.6 is 0 Å². The summed E-state index contributed by atoms with van der Waals surface area (Å²) < 4.78 is 14.4. The van der Waals surface area contributed by atoms with Crippen molar-refractivity contribution in [2.45, 2.75) is 32.4 Å². The monoisotopic (exact) mass is 225 g/mol. The van der Waals surface area contributed by atoms with Gasteiger partial charge in [0.15, 0.2) is 0 Å². The lowest BCUT2D eigenvalue weighted by atomic mass is 9.85. The fraction of sp³-hybridized carbons (Fsp3) is 0.571. The molecule has 1 saturated heterocycles. The van der Waals surface area contributed by atoms with E-state index < -0.39 is 5.67 Å². The van der Waals surface area contributed by atoms with Crippen molar-refractivity contribution in [1.29, 1.82) is 0 Å². The van der Waals surface area contributed by atoms with Gasteiger partial charge in [-0.2, -0.15) is 0 Å². The minimum absolute atomic E-state index is 0.551. The van der Waals surface area contributed by atoms with Gasteiger partial charge in [0, 0.05) is 13.1 Å². The fourth-order valence-electron chi connectivity index (χ4n) is 1.79. The van der Waals surface area contributed by atoms with Gasteiger partial charge in [0.25, 0.3) is 0 Å². The van der Waals surface area contributed by atoms with Crippen molar-refractivity contribution in [2.75, 3.05) is 20.1 Å². The zero-order valence-electron chi connectivity index (χ0n) is 10.8. The highest BCUT2D eigenvalue weighted by Crippen LogP contribution is 2.33. The molecule has 92 valence electrons. The van der Waals surface area contributed by atoms with E-state index in [2.05, 4.69) is 18.1 Å². The van der Waals surface area contributed by atoms with Crippen LogP contribution < -0.4 is 0 Å². The summed E-state index contributed by atoms with van der Waals surface area (Å²) in [7, 11) is 2.02. The zero-order valence-corrected chi connectivity index (χ0v) is 10.8. The number of hydrogen-bond donors (Lipinski definition) is 0. The Morgan fingerprint density at radius 3 is 2.12 bits per heavy atom. The van der Waals surface area contributed by atoms with Crippen LogP contribution in [0.4, 0.5) is 4.39 Å². The lowest BCUT2D eigenvalue weighted by Gasteiger charge is -2.35. The number of alkyl halides is 1. The average Bonchev–Trinajstić information content (AvgIpc) is 2.32. The van der Waals surface area contributed by atoms with Gasteiger partial charge in [-0.3, -0.25) is 0 Å². The van der Waals surface area contributed by atoms with Crippen LogP contribution in [0.3, 0.4) is 0 Å². The normalized spacial score (nSPS) is 20.6. The first-order chi connectivity index (χ1) is 7.62. The van der Waals surface area contributed by atoms with Gasteiger partial charge < -0.3 is 4.90 Å². The van der Waals surface area contributed by atoms with Crippen molar-refractivity contribution in [1.82, 2.24) is 4.90 Å². The first-order valence-corrected chi connectivity index (χ1v) is 5.95. The summed E-state index contributed by atoms with van der Waals surface area (Å²) in [6.07, 6.45) is 6.05. The second-order valence-electron chi connectivity index (χ2n) is 3.83. The molecular formula is C14H24FN. The summed E-state index contributed by atoms with van der Waals surface area (Å²) in [6, 6.07) is 0. The summed E-state index contributed by atoms with van der Waals surface area (Å²) in [4.78, 5) is 2.15. The van der Waals surface area contributed by atoms with E-state index in [9.17, 15) is 4.39 Å². The van der Waals surface area contributed by atoms with Crippen molar-refractivity contribution in [2.24, 2.45) is 0 Å². The number of allylic oxidation sites excluding steroid dienone is 4. The third-order valence-electron chi connectivity index (χ3n) is 2.81. The molecule has 16 heavy (non-hydrogen) atoms. The van der Waals surface area contributed by atoms with E-state index in [1.165, 1.54) is 0 Å². The van der Waals surface area contributed by atoms with Crippen LogP contribution in [0, 0.1) is 0 Å². The molecule has 1 nitrogen and oxygen atoms in total. The van der Waals surface area contributed by atoms with Crippen LogP contribution in [0.1, 0.15) is 26.7 Å². The van der Waals surface area contributed by atoms with Gasteiger partial charge in [-0.1, -0.05) is 45.2 Å². The molecule has 2 heteroatoms. The Morgan fingerprint density at radius 1 is 1.25 bits per heavy atom. The first kappa shape index (κ1) is 15.1. The smallest absolute Gasteiger partial charge is 0.138 e. The molecule has 0 unspecified atom stereocenters. The Kier molecular flexibility index (Phi) is 6.98. The van der Waals surface area contributed by atoms with Crippen LogP contribution in [0.2, 0.25) is 0 Å². The highest BCUT2D eigenvalue weighted by Gasteiger charge is 2.35. The molecule has 1 heterocycles. The molecule has 0 aromatic heterocycles. The molecule has 0 aromatic carbocycles. The molecule has 0 bridgehead atoms. The third-order valence-corrected chi connectivity index (χ3v) is 2.81. The van der Waals surface area contributed by atoms with Gasteiger partial charge in [0.1, 0.15) is 5.67 Å². The number of rotatable bonds is 3. The number of likely N-dealkylation sites (tertiary alicyclic amines) is 1. The molecule has 0 aliphatic carbocycles. The predicted octanol–water partition coefficient (Wildman–Crippen LogP) is 3.74. The Morgan fingerprint density at radius 2 is 1.75 bits per heavy atom. The van der Waals surface area contributed by atoms with Gasteiger partial charge in [-0.15, -0.1) is 0 Å². The van der Waals surface area contributed by atoms with Gasteiger partial charge >= 0.3 is 0 Å². The van der Waals surface area contributed by atoms with Gasteiger partial charge in [0.2, 0.25) is 0 Å². The molecule has 1 rings (SSSR count). The number of piperidine rings is 1. The van der Waals surface area contributed by atoms with Crippen molar-refractivity contribution in [3.63, 3.8) is 0 Å². The van der Waals surface area contributed by atoms with Crippen LogP contribution in [-0.4, -0.2) is 30.7 Å². The van der Waals surface area contributed by atoms with E-state index in [4.69, 9.17) is 0 Å². The fourth-order valence-corrected chi connectivity index (χ4v) is 1.79. The molecular weight excluding hydrogens is 201 g/mol. The lowest BCUT2D eigenvalue weighted by molar-refractivity contribution is 0.105. The highest BCUT2D eigenvalue weighted by molar-refractivity contribution is 5.31. The van der Waals surface area contributed by atoms with E-state index in [1.807, 2.05) is 20.9 Å². The largest absolute Gasteiger partial charge is 0.306 e. The standard InChI is InChI=1S/C12H18FN.C2H6/c1-4-6-11(5-2)12(13)7-9-14(3)10-8-12;1-2/h4-6H,1-2,7-10H2,3H3;1-2H3/b11-6+;. The van der Waals surface area contributed by atoms with E-state index in [0.29, 0.717) is 18.4 Å². The van der Waals surface area contributed by atoms with Gasteiger partial charge in [0.05, 0.1) is 0 Å². The van der Waals surface area contributed by atoms with Crippen LogP contribution in [0.25, 0.3) is 0 Å². The second-order valence-corrected chi connectivity index (χ2v) is 3.83. The molecule has 0 atom stereocenters. The summed E-state index contributed by atoms with van der Waals surface area (Å²) in [5.41, 5.74) is -0.525. The maximum absolute atomic E-state index is 14.4. The molecule has 0 saturated carbocycles. The van der Waals surface area contributed by atoms with Crippen molar-refractivity contribution in [3.8, 4) is 0 Å². The minimum atomic E-state index is -1.19. The molecule has 1 aliphatic rings. The van der Waals surface area contributed by atoms with Crippen LogP contribution in [-0.2, 0) is 0 Å². The van der Waals surface area contributed by atoms with Gasteiger partial charge in [-0.25, -0.2) is 4.39 Å². The third kappa shape index (κ3) is 3.93. The Bertz CT molecular complexity index is 247. The molecule has 1 fully saturated rings. The summed E-state index contributed by atoms with van der Waals surface area (Å²) >= 11 is 0. The van der Waals surface area contributed by atoms with E-state index in [-0.39, 0.29) is 0 Å². The Labute approximate surface area is 99.3 Å². The SMILES string of the molecule is C=C/C=C(\C=C)C1(F)CCN(C)CC1.CC. The Balaban J connectivity index is 0.00000106. The average molecular weight is 225 g/mol. The van der Waals surface area contributed by atoms with E-state index in [1.54, 1.807) is 18.2 Å². The van der Waals surface area contributed by atoms with E-state index >= 15 is 0 Å². The van der Waals surface area contributed by atoms with Crippen LogP contribution in [0.15, 0.2) is 37.0 Å². The van der Waals surface area contributed by atoms with Gasteiger partial charge in [-0.05, 0) is 25.5 Å². The first-order valence-electron chi connectivity index (χ1n) is 5.95. The number of hydrogen-bond acceptors (Lipinski definition) is 1. The second kappa shape index (κ2) is 7.39. The lowest BCUT2D eigenvalue weighted by Crippen LogP contribution is -2.40. The zero-order chi connectivity index (χ0) is 12.6. The topological polar surface area (TPSA) is 3.24 Å².